The maximum absolute atomic E-state index is 12.5. The third-order valence-corrected chi connectivity index (χ3v) is 2.37. The number of hydrogen-bond donors (Lipinski definition) is 0. The lowest BCUT2D eigenvalue weighted by atomic mass is 10.1. The molecule has 0 aliphatic rings. The molecule has 1 aromatic rings. The van der Waals surface area contributed by atoms with Crippen LogP contribution in [0.2, 0.25) is 5.28 Å². The Balaban J connectivity index is 3.06. The monoisotopic (exact) mass is 268 g/mol. The van der Waals surface area contributed by atoms with E-state index in [1.165, 1.54) is 0 Å². The van der Waals surface area contributed by atoms with Crippen LogP contribution < -0.4 is 4.74 Å². The van der Waals surface area contributed by atoms with E-state index in [4.69, 9.17) is 16.3 Å². The van der Waals surface area contributed by atoms with Gasteiger partial charge in [0.15, 0.2) is 5.69 Å². The van der Waals surface area contributed by atoms with E-state index in [9.17, 15) is 13.2 Å². The molecule has 0 spiro atoms. The van der Waals surface area contributed by atoms with E-state index in [1.807, 2.05) is 6.92 Å². The lowest BCUT2D eigenvalue weighted by Gasteiger charge is -2.24. The van der Waals surface area contributed by atoms with Gasteiger partial charge in [-0.3, -0.25) is 0 Å². The molecule has 0 saturated carbocycles. The molecule has 17 heavy (non-hydrogen) atoms. The summed E-state index contributed by atoms with van der Waals surface area (Å²) in [6.45, 7) is 5.35. The molecule has 3 nitrogen and oxygen atoms in total. The molecule has 7 heteroatoms. The summed E-state index contributed by atoms with van der Waals surface area (Å²) in [5.41, 5.74) is -1.72. The summed E-state index contributed by atoms with van der Waals surface area (Å²) in [6, 6.07) is 0.739. The van der Waals surface area contributed by atoms with Crippen LogP contribution in [0.4, 0.5) is 13.2 Å². The average molecular weight is 269 g/mol. The summed E-state index contributed by atoms with van der Waals surface area (Å²) in [6.07, 6.45) is -3.95. The van der Waals surface area contributed by atoms with E-state index in [1.54, 1.807) is 13.8 Å². The van der Waals surface area contributed by atoms with Gasteiger partial charge >= 0.3 is 6.18 Å². The van der Waals surface area contributed by atoms with Crippen LogP contribution in [0.3, 0.4) is 0 Å². The predicted molar refractivity (Wildman–Crippen MR) is 57.0 cm³/mol. The zero-order valence-corrected chi connectivity index (χ0v) is 10.4. The van der Waals surface area contributed by atoms with Gasteiger partial charge in [-0.25, -0.2) is 4.98 Å². The molecule has 0 radical (unpaired) electrons. The fourth-order valence-electron chi connectivity index (χ4n) is 0.950. The maximum Gasteiger partial charge on any atom is 0.433 e. The Morgan fingerprint density at radius 2 is 1.88 bits per heavy atom. The fourth-order valence-corrected chi connectivity index (χ4v) is 1.12. The van der Waals surface area contributed by atoms with Crippen LogP contribution >= 0.6 is 11.6 Å². The number of halogens is 4. The number of hydrogen-bond acceptors (Lipinski definition) is 3. The van der Waals surface area contributed by atoms with Gasteiger partial charge in [0, 0.05) is 6.07 Å². The van der Waals surface area contributed by atoms with Gasteiger partial charge in [0.1, 0.15) is 5.60 Å². The predicted octanol–water partition coefficient (Wildman–Crippen LogP) is 3.72. The molecule has 0 saturated heterocycles. The van der Waals surface area contributed by atoms with Crippen molar-refractivity contribution in [1.29, 1.82) is 0 Å². The molecule has 0 amide bonds. The van der Waals surface area contributed by atoms with Crippen molar-refractivity contribution in [3.8, 4) is 5.88 Å². The Labute approximate surface area is 102 Å². The van der Waals surface area contributed by atoms with Crippen molar-refractivity contribution >= 4 is 11.6 Å². The van der Waals surface area contributed by atoms with Crippen molar-refractivity contribution in [1.82, 2.24) is 9.97 Å². The topological polar surface area (TPSA) is 35.0 Å². The molecule has 0 aliphatic carbocycles. The van der Waals surface area contributed by atoms with Gasteiger partial charge in [0.05, 0.1) is 0 Å². The SMILES string of the molecule is CCC(C)(C)Oc1cc(C(F)(F)F)nc(Cl)n1. The van der Waals surface area contributed by atoms with Crippen LogP contribution in [0, 0.1) is 0 Å². The van der Waals surface area contributed by atoms with Crippen molar-refractivity contribution < 1.29 is 17.9 Å². The Bertz CT molecular complexity index is 407. The normalized spacial score (nSPS) is 12.6. The van der Waals surface area contributed by atoms with Crippen LogP contribution in [0.15, 0.2) is 6.07 Å². The number of alkyl halides is 3. The standard InChI is InChI=1S/C10H12ClF3N2O/c1-4-9(2,3)17-7-5-6(10(12,13)14)15-8(11)16-7/h5H,4H2,1-3H3. The highest BCUT2D eigenvalue weighted by atomic mass is 35.5. The molecule has 96 valence electrons. The molecule has 0 atom stereocenters. The van der Waals surface area contributed by atoms with Gasteiger partial charge in [0.2, 0.25) is 11.2 Å². The van der Waals surface area contributed by atoms with Crippen LogP contribution in [0.5, 0.6) is 5.88 Å². The van der Waals surface area contributed by atoms with Gasteiger partial charge in [-0.15, -0.1) is 0 Å². The van der Waals surface area contributed by atoms with Crippen molar-refractivity contribution in [3.63, 3.8) is 0 Å². The zero-order chi connectivity index (χ0) is 13.3. The Morgan fingerprint density at radius 1 is 1.29 bits per heavy atom. The molecule has 0 aliphatic heterocycles. The molecule has 0 unspecified atom stereocenters. The number of ether oxygens (including phenoxy) is 1. The number of rotatable bonds is 3. The fraction of sp³-hybridized carbons (Fsp3) is 0.600. The minimum Gasteiger partial charge on any atom is -0.472 e. The summed E-state index contributed by atoms with van der Waals surface area (Å²) in [7, 11) is 0. The van der Waals surface area contributed by atoms with Crippen molar-refractivity contribution in [3.05, 3.63) is 17.0 Å². The summed E-state index contributed by atoms with van der Waals surface area (Å²) in [4.78, 5) is 6.72. The van der Waals surface area contributed by atoms with E-state index in [2.05, 4.69) is 9.97 Å². The van der Waals surface area contributed by atoms with Crippen LogP contribution in [0.25, 0.3) is 0 Å². The molecule has 1 heterocycles. The zero-order valence-electron chi connectivity index (χ0n) is 9.60. The van der Waals surface area contributed by atoms with Crippen molar-refractivity contribution in [2.45, 2.75) is 39.0 Å². The molecule has 1 rings (SSSR count). The van der Waals surface area contributed by atoms with E-state index in [-0.39, 0.29) is 5.88 Å². The van der Waals surface area contributed by atoms with E-state index < -0.39 is 22.8 Å². The van der Waals surface area contributed by atoms with Crippen molar-refractivity contribution in [2.75, 3.05) is 0 Å². The Kier molecular flexibility index (Phi) is 3.86. The lowest BCUT2D eigenvalue weighted by Crippen LogP contribution is -2.27. The molecular formula is C10H12ClF3N2O. The molecule has 0 bridgehead atoms. The first-order valence-corrected chi connectivity index (χ1v) is 5.32. The van der Waals surface area contributed by atoms with Gasteiger partial charge in [-0.1, -0.05) is 6.92 Å². The molecular weight excluding hydrogens is 257 g/mol. The van der Waals surface area contributed by atoms with Gasteiger partial charge in [-0.2, -0.15) is 18.2 Å². The highest BCUT2D eigenvalue weighted by Crippen LogP contribution is 2.31. The summed E-state index contributed by atoms with van der Waals surface area (Å²) in [5, 5.41) is -0.485. The Morgan fingerprint density at radius 3 is 2.35 bits per heavy atom. The van der Waals surface area contributed by atoms with Gasteiger partial charge in [0.25, 0.3) is 0 Å². The minimum absolute atomic E-state index is 0.177. The first-order chi connectivity index (χ1) is 7.64. The van der Waals surface area contributed by atoms with Crippen molar-refractivity contribution in [2.24, 2.45) is 0 Å². The van der Waals surface area contributed by atoms with Crippen LogP contribution in [-0.4, -0.2) is 15.6 Å². The first kappa shape index (κ1) is 14.0. The third-order valence-electron chi connectivity index (χ3n) is 2.20. The number of nitrogens with zero attached hydrogens (tertiary/aromatic N) is 2. The quantitative estimate of drug-likeness (QED) is 0.784. The van der Waals surface area contributed by atoms with Crippen LogP contribution in [-0.2, 0) is 6.18 Å². The maximum atomic E-state index is 12.5. The molecule has 0 N–H and O–H groups in total. The lowest BCUT2D eigenvalue weighted by molar-refractivity contribution is -0.141. The summed E-state index contributed by atoms with van der Waals surface area (Å²) >= 11 is 5.43. The average Bonchev–Trinajstić information content (AvgIpc) is 2.14. The third kappa shape index (κ3) is 4.03. The molecule has 1 aromatic heterocycles. The largest absolute Gasteiger partial charge is 0.472 e. The second-order valence-corrected chi connectivity index (χ2v) is 4.41. The highest BCUT2D eigenvalue weighted by molar-refractivity contribution is 6.28. The number of aromatic nitrogens is 2. The second-order valence-electron chi connectivity index (χ2n) is 4.07. The smallest absolute Gasteiger partial charge is 0.433 e. The Hall–Kier alpha value is -1.04. The van der Waals surface area contributed by atoms with E-state index >= 15 is 0 Å². The van der Waals surface area contributed by atoms with Gasteiger partial charge in [-0.05, 0) is 31.9 Å². The van der Waals surface area contributed by atoms with Crippen LogP contribution in [0.1, 0.15) is 32.9 Å². The second kappa shape index (κ2) is 4.68. The van der Waals surface area contributed by atoms with E-state index in [0.717, 1.165) is 6.07 Å². The van der Waals surface area contributed by atoms with E-state index in [0.29, 0.717) is 6.42 Å². The minimum atomic E-state index is -4.57. The first-order valence-electron chi connectivity index (χ1n) is 4.95. The molecule has 0 aromatic carbocycles. The highest BCUT2D eigenvalue weighted by Gasteiger charge is 2.34. The summed E-state index contributed by atoms with van der Waals surface area (Å²) < 4.78 is 42.7. The summed E-state index contributed by atoms with van der Waals surface area (Å²) in [5.74, 6) is -0.177. The van der Waals surface area contributed by atoms with Gasteiger partial charge < -0.3 is 4.74 Å². The molecule has 0 fully saturated rings.